The second-order valence-corrected chi connectivity index (χ2v) is 14.5. The molecule has 0 saturated heterocycles. The highest BCUT2D eigenvalue weighted by Crippen LogP contribution is 2.36. The molecule has 0 aliphatic carbocycles. The molecular weight excluding hydrogens is 601 g/mol. The zero-order valence-corrected chi connectivity index (χ0v) is 31.7. The van der Waals surface area contributed by atoms with Crippen molar-refractivity contribution in [1.82, 2.24) is 0 Å². The van der Waals surface area contributed by atoms with Crippen LogP contribution in [0, 0.1) is 0 Å². The van der Waals surface area contributed by atoms with E-state index in [2.05, 4.69) is 137 Å². The molecule has 0 saturated carbocycles. The summed E-state index contributed by atoms with van der Waals surface area (Å²) < 4.78 is 0. The molecule has 0 heteroatoms. The summed E-state index contributed by atoms with van der Waals surface area (Å²) in [6, 6.07) is 42.3. The van der Waals surface area contributed by atoms with E-state index in [0.717, 1.165) is 25.7 Å². The number of benzene rings is 5. The molecule has 0 nitrogen and oxygen atoms in total. The van der Waals surface area contributed by atoms with Crippen LogP contribution in [0.15, 0.2) is 109 Å². The summed E-state index contributed by atoms with van der Waals surface area (Å²) in [5.74, 6) is 0. The maximum Gasteiger partial charge on any atom is -0.0149 e. The van der Waals surface area contributed by atoms with Gasteiger partial charge in [-0.05, 0) is 105 Å². The Morgan fingerprint density at radius 1 is 0.280 bits per heavy atom. The summed E-state index contributed by atoms with van der Waals surface area (Å²) in [7, 11) is 0. The highest BCUT2D eigenvalue weighted by atomic mass is 14.2. The minimum Gasteiger partial charge on any atom is -0.0654 e. The Balaban J connectivity index is 1.48. The molecule has 0 amide bonds. The SMILES string of the molecule is CCCCCCCCc1cc(-c2ccc(-c3ccc(CCC)cc3)cc2)c(CCCCCC)cc1-c1ccc(-c2ccc(CCC)cc2)cc1. The van der Waals surface area contributed by atoms with Crippen molar-refractivity contribution in [3.8, 4) is 44.5 Å². The van der Waals surface area contributed by atoms with Gasteiger partial charge in [-0.3, -0.25) is 0 Å². The molecule has 5 aromatic rings. The molecule has 0 aromatic heterocycles. The van der Waals surface area contributed by atoms with E-state index in [1.165, 1.54) is 144 Å². The molecule has 0 bridgehead atoms. The van der Waals surface area contributed by atoms with Crippen molar-refractivity contribution in [2.24, 2.45) is 0 Å². The molecule has 262 valence electrons. The summed E-state index contributed by atoms with van der Waals surface area (Å²) >= 11 is 0. The molecular formula is C50H62. The van der Waals surface area contributed by atoms with Crippen LogP contribution < -0.4 is 0 Å². The van der Waals surface area contributed by atoms with Crippen LogP contribution in [0.1, 0.15) is 127 Å². The monoisotopic (exact) mass is 662 g/mol. The van der Waals surface area contributed by atoms with E-state index in [1.54, 1.807) is 0 Å². The van der Waals surface area contributed by atoms with Gasteiger partial charge in [0.15, 0.2) is 0 Å². The van der Waals surface area contributed by atoms with Crippen molar-refractivity contribution in [2.45, 2.75) is 130 Å². The normalized spacial score (nSPS) is 11.3. The Morgan fingerprint density at radius 3 is 0.940 bits per heavy atom. The number of unbranched alkanes of at least 4 members (excludes halogenated alkanes) is 8. The summed E-state index contributed by atoms with van der Waals surface area (Å²) in [6.45, 7) is 9.11. The van der Waals surface area contributed by atoms with Crippen molar-refractivity contribution in [3.63, 3.8) is 0 Å². The third kappa shape index (κ3) is 10.6. The second kappa shape index (κ2) is 20.1. The van der Waals surface area contributed by atoms with Crippen LogP contribution >= 0.6 is 0 Å². The van der Waals surface area contributed by atoms with E-state index in [9.17, 15) is 0 Å². The van der Waals surface area contributed by atoms with Crippen LogP contribution in [-0.2, 0) is 25.7 Å². The topological polar surface area (TPSA) is 0 Å². The molecule has 0 fully saturated rings. The van der Waals surface area contributed by atoms with E-state index in [4.69, 9.17) is 0 Å². The molecule has 5 aromatic carbocycles. The first kappa shape index (κ1) is 37.4. The van der Waals surface area contributed by atoms with Crippen molar-refractivity contribution >= 4 is 0 Å². The van der Waals surface area contributed by atoms with Gasteiger partial charge in [0.05, 0.1) is 0 Å². The summed E-state index contributed by atoms with van der Waals surface area (Å²) in [6.07, 6.45) is 20.0. The smallest absolute Gasteiger partial charge is 0.0149 e. The van der Waals surface area contributed by atoms with Gasteiger partial charge < -0.3 is 0 Å². The van der Waals surface area contributed by atoms with Gasteiger partial charge in [0.2, 0.25) is 0 Å². The maximum absolute atomic E-state index is 2.57. The van der Waals surface area contributed by atoms with Crippen LogP contribution in [0.2, 0.25) is 0 Å². The van der Waals surface area contributed by atoms with Crippen LogP contribution in [0.4, 0.5) is 0 Å². The van der Waals surface area contributed by atoms with Gasteiger partial charge in [-0.25, -0.2) is 0 Å². The number of hydrogen-bond acceptors (Lipinski definition) is 0. The highest BCUT2D eigenvalue weighted by molar-refractivity contribution is 5.79. The third-order valence-electron chi connectivity index (χ3n) is 10.5. The van der Waals surface area contributed by atoms with Gasteiger partial charge in [0, 0.05) is 0 Å². The fourth-order valence-corrected chi connectivity index (χ4v) is 7.47. The van der Waals surface area contributed by atoms with Crippen LogP contribution in [0.5, 0.6) is 0 Å². The lowest BCUT2D eigenvalue weighted by Gasteiger charge is -2.19. The lowest BCUT2D eigenvalue weighted by atomic mass is 9.86. The summed E-state index contributed by atoms with van der Waals surface area (Å²) in [5.41, 5.74) is 16.6. The maximum atomic E-state index is 2.57. The van der Waals surface area contributed by atoms with E-state index in [1.807, 2.05) is 0 Å². The van der Waals surface area contributed by atoms with E-state index in [-0.39, 0.29) is 0 Å². The molecule has 0 N–H and O–H groups in total. The standard InChI is InChI=1S/C50H62/c1-5-9-11-13-14-16-20-48-38-49(45-33-29-43(30-34-45)41-25-21-39(17-7-3)22-26-41)47(19-15-12-10-6-2)37-50(48)46-35-31-44(32-36-46)42-27-23-40(18-8-4)24-28-42/h21-38H,5-20H2,1-4H3. The van der Waals surface area contributed by atoms with Crippen molar-refractivity contribution in [1.29, 1.82) is 0 Å². The average Bonchev–Trinajstić information content (AvgIpc) is 3.16. The van der Waals surface area contributed by atoms with Gasteiger partial charge in [0.25, 0.3) is 0 Å². The lowest BCUT2D eigenvalue weighted by Crippen LogP contribution is -1.99. The lowest BCUT2D eigenvalue weighted by molar-refractivity contribution is 0.607. The fourth-order valence-electron chi connectivity index (χ4n) is 7.47. The second-order valence-electron chi connectivity index (χ2n) is 14.5. The predicted octanol–water partition coefficient (Wildman–Crippen LogP) is 15.3. The van der Waals surface area contributed by atoms with Crippen LogP contribution in [0.25, 0.3) is 44.5 Å². The molecule has 0 aliphatic heterocycles. The number of rotatable bonds is 20. The predicted molar refractivity (Wildman–Crippen MR) is 221 cm³/mol. The molecule has 5 rings (SSSR count). The van der Waals surface area contributed by atoms with E-state index < -0.39 is 0 Å². The number of aryl methyl sites for hydroxylation is 4. The first-order valence-corrected chi connectivity index (χ1v) is 20.2. The average molecular weight is 663 g/mol. The molecule has 0 atom stereocenters. The zero-order valence-electron chi connectivity index (χ0n) is 31.7. The highest BCUT2D eigenvalue weighted by Gasteiger charge is 2.14. The Morgan fingerprint density at radius 2 is 0.580 bits per heavy atom. The van der Waals surface area contributed by atoms with E-state index in [0.29, 0.717) is 0 Å². The van der Waals surface area contributed by atoms with Gasteiger partial charge >= 0.3 is 0 Å². The Kier molecular flexibility index (Phi) is 15.0. The first-order valence-electron chi connectivity index (χ1n) is 20.2. The molecule has 0 radical (unpaired) electrons. The molecule has 0 heterocycles. The molecule has 0 unspecified atom stereocenters. The quantitative estimate of drug-likeness (QED) is 0.0728. The Labute approximate surface area is 305 Å². The van der Waals surface area contributed by atoms with Gasteiger partial charge in [0.1, 0.15) is 0 Å². The zero-order chi connectivity index (χ0) is 35.0. The van der Waals surface area contributed by atoms with Crippen LogP contribution in [0.3, 0.4) is 0 Å². The summed E-state index contributed by atoms with van der Waals surface area (Å²) in [5, 5.41) is 0. The van der Waals surface area contributed by atoms with Crippen LogP contribution in [-0.4, -0.2) is 0 Å². The minimum absolute atomic E-state index is 1.13. The Hall–Kier alpha value is -3.90. The van der Waals surface area contributed by atoms with E-state index >= 15 is 0 Å². The van der Waals surface area contributed by atoms with Gasteiger partial charge in [-0.15, -0.1) is 0 Å². The van der Waals surface area contributed by atoms with Gasteiger partial charge in [-0.2, -0.15) is 0 Å². The minimum atomic E-state index is 1.13. The largest absolute Gasteiger partial charge is 0.0654 e. The Bertz CT molecular complexity index is 1690. The molecule has 0 spiro atoms. The van der Waals surface area contributed by atoms with Crippen molar-refractivity contribution in [3.05, 3.63) is 131 Å². The van der Waals surface area contributed by atoms with Gasteiger partial charge in [-0.1, -0.05) is 201 Å². The first-order chi connectivity index (χ1) is 24.6. The van der Waals surface area contributed by atoms with Crippen molar-refractivity contribution in [2.75, 3.05) is 0 Å². The molecule has 0 aliphatic rings. The fraction of sp³-hybridized carbons (Fsp3) is 0.400. The summed E-state index contributed by atoms with van der Waals surface area (Å²) in [4.78, 5) is 0. The van der Waals surface area contributed by atoms with Crippen molar-refractivity contribution < 1.29 is 0 Å². The third-order valence-corrected chi connectivity index (χ3v) is 10.5. The number of hydrogen-bond donors (Lipinski definition) is 0. The molecule has 50 heavy (non-hydrogen) atoms.